The van der Waals surface area contributed by atoms with E-state index in [0.29, 0.717) is 0 Å². The van der Waals surface area contributed by atoms with Crippen LogP contribution in [0.15, 0.2) is 24.3 Å². The molecule has 1 saturated carbocycles. The highest BCUT2D eigenvalue weighted by Crippen LogP contribution is 2.29. The Balaban J connectivity index is 1.54. The third-order valence-corrected chi connectivity index (χ3v) is 3.99. The maximum atomic E-state index is 5.38. The number of hydrogen-bond acceptors (Lipinski definition) is 3. The second-order valence-corrected chi connectivity index (χ2v) is 5.47. The summed E-state index contributed by atoms with van der Waals surface area (Å²) >= 11 is 0. The normalized spacial score (nSPS) is 27.3. The summed E-state index contributed by atoms with van der Waals surface area (Å²) in [6, 6.07) is 9.71. The molecule has 1 saturated heterocycles. The lowest BCUT2D eigenvalue weighted by Crippen LogP contribution is -2.36. The fourth-order valence-corrected chi connectivity index (χ4v) is 2.50. The molecule has 1 aromatic rings. The number of benzene rings is 1. The molecule has 2 fully saturated rings. The molecule has 2 aliphatic rings. The third-order valence-electron chi connectivity index (χ3n) is 3.99. The number of rotatable bonds is 4. The Morgan fingerprint density at radius 3 is 2.50 bits per heavy atom. The first-order valence-electron chi connectivity index (χ1n) is 6.98. The van der Waals surface area contributed by atoms with Crippen LogP contribution >= 0.6 is 0 Å². The number of anilines is 1. The Morgan fingerprint density at radius 2 is 1.89 bits per heavy atom. The van der Waals surface area contributed by atoms with Gasteiger partial charge in [-0.1, -0.05) is 19.1 Å². The topological polar surface area (TPSA) is 24.5 Å². The van der Waals surface area contributed by atoms with Crippen molar-refractivity contribution < 1.29 is 4.74 Å². The first-order valence-corrected chi connectivity index (χ1v) is 6.98. The van der Waals surface area contributed by atoms with Crippen LogP contribution < -0.4 is 10.2 Å². The van der Waals surface area contributed by atoms with Crippen molar-refractivity contribution in [1.82, 2.24) is 5.32 Å². The molecule has 0 spiro atoms. The summed E-state index contributed by atoms with van der Waals surface area (Å²) in [4.78, 5) is 2.39. The molecule has 3 nitrogen and oxygen atoms in total. The zero-order valence-electron chi connectivity index (χ0n) is 11.1. The number of nitrogens with one attached hydrogen (secondary N) is 1. The van der Waals surface area contributed by atoms with E-state index in [9.17, 15) is 0 Å². The van der Waals surface area contributed by atoms with Crippen molar-refractivity contribution in [2.75, 3.05) is 31.2 Å². The molecule has 0 bridgehead atoms. The zero-order chi connectivity index (χ0) is 12.4. The summed E-state index contributed by atoms with van der Waals surface area (Å²) in [5, 5.41) is 3.59. The lowest BCUT2D eigenvalue weighted by Gasteiger charge is -2.28. The van der Waals surface area contributed by atoms with Gasteiger partial charge >= 0.3 is 0 Å². The second-order valence-electron chi connectivity index (χ2n) is 5.47. The molecule has 2 atom stereocenters. The van der Waals surface area contributed by atoms with Crippen LogP contribution in [0.25, 0.3) is 0 Å². The summed E-state index contributed by atoms with van der Waals surface area (Å²) in [6.45, 7) is 7.03. The summed E-state index contributed by atoms with van der Waals surface area (Å²) < 4.78 is 5.38. The fourth-order valence-electron chi connectivity index (χ4n) is 2.50. The van der Waals surface area contributed by atoms with E-state index in [-0.39, 0.29) is 0 Å². The minimum atomic E-state index is 0.754. The number of morpholine rings is 1. The van der Waals surface area contributed by atoms with Gasteiger partial charge in [0.05, 0.1) is 13.2 Å². The highest BCUT2D eigenvalue weighted by molar-refractivity contribution is 5.47. The predicted molar refractivity (Wildman–Crippen MR) is 73.9 cm³/mol. The smallest absolute Gasteiger partial charge is 0.0642 e. The van der Waals surface area contributed by atoms with Gasteiger partial charge in [0, 0.05) is 31.4 Å². The molecule has 1 heterocycles. The van der Waals surface area contributed by atoms with Crippen LogP contribution in [0, 0.1) is 5.92 Å². The van der Waals surface area contributed by atoms with Crippen molar-refractivity contribution in [3.05, 3.63) is 29.8 Å². The summed E-state index contributed by atoms with van der Waals surface area (Å²) in [5.74, 6) is 0.873. The van der Waals surface area contributed by atoms with Gasteiger partial charge in [-0.25, -0.2) is 0 Å². The molecule has 0 unspecified atom stereocenters. The molecule has 98 valence electrons. The van der Waals surface area contributed by atoms with Crippen molar-refractivity contribution in [1.29, 1.82) is 0 Å². The molecule has 3 rings (SSSR count). The van der Waals surface area contributed by atoms with E-state index in [1.165, 1.54) is 17.7 Å². The van der Waals surface area contributed by atoms with Gasteiger partial charge in [-0.3, -0.25) is 0 Å². The Morgan fingerprint density at radius 1 is 1.22 bits per heavy atom. The summed E-state index contributed by atoms with van der Waals surface area (Å²) in [6.07, 6.45) is 1.34. The molecule has 1 aliphatic carbocycles. The SMILES string of the molecule is C[C@@H]1C[C@H]1NCc1ccc(N2CCOCC2)cc1. The van der Waals surface area contributed by atoms with Gasteiger partial charge in [0.1, 0.15) is 0 Å². The van der Waals surface area contributed by atoms with E-state index in [1.807, 2.05) is 0 Å². The minimum absolute atomic E-state index is 0.754. The average molecular weight is 246 g/mol. The molecular formula is C15H22N2O. The van der Waals surface area contributed by atoms with Crippen LogP contribution in [-0.2, 0) is 11.3 Å². The Kier molecular flexibility index (Phi) is 3.52. The van der Waals surface area contributed by atoms with Crippen LogP contribution in [-0.4, -0.2) is 32.3 Å². The number of hydrogen-bond donors (Lipinski definition) is 1. The monoisotopic (exact) mass is 246 g/mol. The van der Waals surface area contributed by atoms with Gasteiger partial charge in [-0.2, -0.15) is 0 Å². The van der Waals surface area contributed by atoms with Gasteiger partial charge in [0.2, 0.25) is 0 Å². The van der Waals surface area contributed by atoms with Crippen LogP contribution in [0.1, 0.15) is 18.9 Å². The Labute approximate surface area is 109 Å². The predicted octanol–water partition coefficient (Wildman–Crippen LogP) is 2.02. The van der Waals surface area contributed by atoms with Crippen LogP contribution in [0.3, 0.4) is 0 Å². The van der Waals surface area contributed by atoms with E-state index >= 15 is 0 Å². The molecule has 18 heavy (non-hydrogen) atoms. The first kappa shape index (κ1) is 12.0. The first-order chi connectivity index (χ1) is 8.83. The van der Waals surface area contributed by atoms with Crippen molar-refractivity contribution in [3.63, 3.8) is 0 Å². The quantitative estimate of drug-likeness (QED) is 0.879. The van der Waals surface area contributed by atoms with Crippen molar-refractivity contribution in [2.24, 2.45) is 5.92 Å². The maximum absolute atomic E-state index is 5.38. The highest BCUT2D eigenvalue weighted by Gasteiger charge is 2.31. The summed E-state index contributed by atoms with van der Waals surface area (Å²) in [5.41, 5.74) is 2.70. The van der Waals surface area contributed by atoms with E-state index in [2.05, 4.69) is 41.4 Å². The van der Waals surface area contributed by atoms with Gasteiger partial charge < -0.3 is 15.0 Å². The molecule has 1 N–H and O–H groups in total. The van der Waals surface area contributed by atoms with Crippen LogP contribution in [0.4, 0.5) is 5.69 Å². The van der Waals surface area contributed by atoms with Crippen LogP contribution in [0.2, 0.25) is 0 Å². The van der Waals surface area contributed by atoms with Crippen molar-refractivity contribution in [3.8, 4) is 0 Å². The molecular weight excluding hydrogens is 224 g/mol. The number of ether oxygens (including phenoxy) is 1. The molecule has 0 radical (unpaired) electrons. The average Bonchev–Trinajstić information content (AvgIpc) is 3.14. The fraction of sp³-hybridized carbons (Fsp3) is 0.600. The van der Waals surface area contributed by atoms with Gasteiger partial charge in [-0.15, -0.1) is 0 Å². The molecule has 0 aromatic heterocycles. The molecule has 0 amide bonds. The standard InChI is InChI=1S/C15H22N2O/c1-12-10-15(12)16-11-13-2-4-14(5-3-13)17-6-8-18-9-7-17/h2-5,12,15-16H,6-11H2,1H3/t12-,15-/m1/s1. The van der Waals surface area contributed by atoms with Crippen molar-refractivity contribution in [2.45, 2.75) is 25.9 Å². The largest absolute Gasteiger partial charge is 0.378 e. The highest BCUT2D eigenvalue weighted by atomic mass is 16.5. The summed E-state index contributed by atoms with van der Waals surface area (Å²) in [7, 11) is 0. The maximum Gasteiger partial charge on any atom is 0.0642 e. The second kappa shape index (κ2) is 5.29. The van der Waals surface area contributed by atoms with E-state index in [4.69, 9.17) is 4.74 Å². The number of nitrogens with zero attached hydrogens (tertiary/aromatic N) is 1. The Bertz CT molecular complexity index is 384. The van der Waals surface area contributed by atoms with E-state index < -0.39 is 0 Å². The van der Waals surface area contributed by atoms with Crippen molar-refractivity contribution >= 4 is 5.69 Å². The molecule has 1 aromatic carbocycles. The lowest BCUT2D eigenvalue weighted by atomic mass is 10.2. The third kappa shape index (κ3) is 2.85. The van der Waals surface area contributed by atoms with E-state index in [0.717, 1.165) is 44.8 Å². The van der Waals surface area contributed by atoms with Crippen LogP contribution in [0.5, 0.6) is 0 Å². The molecule has 3 heteroatoms. The minimum Gasteiger partial charge on any atom is -0.378 e. The molecule has 1 aliphatic heterocycles. The lowest BCUT2D eigenvalue weighted by molar-refractivity contribution is 0.122. The zero-order valence-corrected chi connectivity index (χ0v) is 11.1. The van der Waals surface area contributed by atoms with Gasteiger partial charge in [0.15, 0.2) is 0 Å². The van der Waals surface area contributed by atoms with E-state index in [1.54, 1.807) is 0 Å². The Hall–Kier alpha value is -1.06. The van der Waals surface area contributed by atoms with Gasteiger partial charge in [0.25, 0.3) is 0 Å². The van der Waals surface area contributed by atoms with Gasteiger partial charge in [-0.05, 0) is 30.0 Å².